The molecule has 1 aliphatic heterocycles. The molecule has 0 aliphatic carbocycles. The van der Waals surface area contributed by atoms with Gasteiger partial charge in [-0.15, -0.1) is 0 Å². The number of amides is 1. The topological polar surface area (TPSA) is 35.6 Å². The van der Waals surface area contributed by atoms with E-state index in [4.69, 9.17) is 0 Å². The van der Waals surface area contributed by atoms with Gasteiger partial charge in [0.2, 0.25) is 5.91 Å². The first-order valence-corrected chi connectivity index (χ1v) is 9.99. The first kappa shape index (κ1) is 22.1. The summed E-state index contributed by atoms with van der Waals surface area (Å²) < 4.78 is 37.9. The first-order chi connectivity index (χ1) is 14.3. The average Bonchev–Trinajstić information content (AvgIpc) is 2.74. The zero-order valence-electron chi connectivity index (χ0n) is 16.9. The van der Waals surface area contributed by atoms with Gasteiger partial charge in [0.1, 0.15) is 0 Å². The molecule has 2 aromatic rings. The molecule has 0 saturated carbocycles. The Balaban J connectivity index is 1.44. The molecule has 7 heteroatoms. The molecule has 0 aromatic heterocycles. The SMILES string of the molecule is C[C@@H](C(=O)Nc1ccc(C(F)(F)F)cc1)N1CCN(C/C=C\c2ccccc2)CC1. The summed E-state index contributed by atoms with van der Waals surface area (Å²) in [7, 11) is 0. The molecule has 1 fully saturated rings. The second-order valence-electron chi connectivity index (χ2n) is 7.39. The van der Waals surface area contributed by atoms with Gasteiger partial charge in [0.15, 0.2) is 0 Å². The van der Waals surface area contributed by atoms with Crippen molar-refractivity contribution in [3.05, 3.63) is 71.8 Å². The molecule has 1 amide bonds. The molecule has 1 aliphatic rings. The molecule has 1 atom stereocenters. The number of carbonyl (C=O) groups is 1. The molecular weight excluding hydrogens is 391 g/mol. The molecule has 1 heterocycles. The van der Waals surface area contributed by atoms with E-state index in [2.05, 4.69) is 39.4 Å². The Morgan fingerprint density at radius 2 is 1.67 bits per heavy atom. The van der Waals surface area contributed by atoms with E-state index in [0.29, 0.717) is 5.69 Å². The normalized spacial score (nSPS) is 17.2. The third-order valence-corrected chi connectivity index (χ3v) is 5.29. The van der Waals surface area contributed by atoms with E-state index in [1.165, 1.54) is 17.7 Å². The van der Waals surface area contributed by atoms with Gasteiger partial charge in [-0.05, 0) is 36.8 Å². The van der Waals surface area contributed by atoms with Crippen molar-refractivity contribution in [3.63, 3.8) is 0 Å². The summed E-state index contributed by atoms with van der Waals surface area (Å²) in [6.07, 6.45) is -0.135. The van der Waals surface area contributed by atoms with E-state index >= 15 is 0 Å². The van der Waals surface area contributed by atoms with E-state index < -0.39 is 11.7 Å². The summed E-state index contributed by atoms with van der Waals surface area (Å²) in [6, 6.07) is 14.3. The van der Waals surface area contributed by atoms with Crippen LogP contribution in [0.4, 0.5) is 18.9 Å². The van der Waals surface area contributed by atoms with Gasteiger partial charge in [-0.1, -0.05) is 42.5 Å². The minimum absolute atomic E-state index is 0.216. The maximum Gasteiger partial charge on any atom is 0.416 e. The van der Waals surface area contributed by atoms with Crippen molar-refractivity contribution in [2.45, 2.75) is 19.1 Å². The number of nitrogens with zero attached hydrogens (tertiary/aromatic N) is 2. The van der Waals surface area contributed by atoms with Crippen molar-refractivity contribution in [3.8, 4) is 0 Å². The van der Waals surface area contributed by atoms with Crippen LogP contribution in [0.1, 0.15) is 18.1 Å². The second kappa shape index (κ2) is 9.91. The molecule has 0 unspecified atom stereocenters. The second-order valence-corrected chi connectivity index (χ2v) is 7.39. The zero-order chi connectivity index (χ0) is 21.6. The van der Waals surface area contributed by atoms with Crippen molar-refractivity contribution >= 4 is 17.7 Å². The highest BCUT2D eigenvalue weighted by molar-refractivity contribution is 5.94. The summed E-state index contributed by atoms with van der Waals surface area (Å²) in [4.78, 5) is 16.9. The number of piperazine rings is 1. The maximum atomic E-state index is 12.6. The number of carbonyl (C=O) groups excluding carboxylic acids is 1. The van der Waals surface area contributed by atoms with Crippen LogP contribution in [0.3, 0.4) is 0 Å². The molecule has 4 nitrogen and oxygen atoms in total. The molecule has 30 heavy (non-hydrogen) atoms. The van der Waals surface area contributed by atoms with Crippen LogP contribution < -0.4 is 5.32 Å². The first-order valence-electron chi connectivity index (χ1n) is 9.99. The van der Waals surface area contributed by atoms with Crippen molar-refractivity contribution in [2.75, 3.05) is 38.0 Å². The number of nitrogens with one attached hydrogen (secondary N) is 1. The van der Waals surface area contributed by atoms with Crippen LogP contribution in [0.5, 0.6) is 0 Å². The highest BCUT2D eigenvalue weighted by Crippen LogP contribution is 2.29. The van der Waals surface area contributed by atoms with Crippen molar-refractivity contribution in [2.24, 2.45) is 0 Å². The molecule has 0 radical (unpaired) electrons. The van der Waals surface area contributed by atoms with Crippen LogP contribution in [0.15, 0.2) is 60.7 Å². The summed E-state index contributed by atoms with van der Waals surface area (Å²) in [5.74, 6) is -0.216. The maximum absolute atomic E-state index is 12.6. The fraction of sp³-hybridized carbons (Fsp3) is 0.348. The third kappa shape index (κ3) is 6.18. The van der Waals surface area contributed by atoms with E-state index in [1.54, 1.807) is 0 Å². The number of benzene rings is 2. The van der Waals surface area contributed by atoms with Gasteiger partial charge in [0.05, 0.1) is 11.6 Å². The summed E-state index contributed by atoms with van der Waals surface area (Å²) in [5, 5.41) is 2.71. The van der Waals surface area contributed by atoms with Crippen molar-refractivity contribution < 1.29 is 18.0 Å². The Morgan fingerprint density at radius 1 is 1.03 bits per heavy atom. The number of anilines is 1. The van der Waals surface area contributed by atoms with Gasteiger partial charge in [-0.2, -0.15) is 13.2 Å². The number of rotatable bonds is 6. The molecular formula is C23H26F3N3O. The Kier molecular flexibility index (Phi) is 7.29. The summed E-state index contributed by atoms with van der Waals surface area (Å²) >= 11 is 0. The molecule has 3 rings (SSSR count). The largest absolute Gasteiger partial charge is 0.416 e. The predicted molar refractivity (Wildman–Crippen MR) is 113 cm³/mol. The van der Waals surface area contributed by atoms with Gasteiger partial charge in [-0.3, -0.25) is 14.6 Å². The smallest absolute Gasteiger partial charge is 0.325 e. The Morgan fingerprint density at radius 3 is 2.27 bits per heavy atom. The van der Waals surface area contributed by atoms with Crippen LogP contribution in [-0.4, -0.2) is 54.5 Å². The lowest BCUT2D eigenvalue weighted by Crippen LogP contribution is -2.52. The van der Waals surface area contributed by atoms with Crippen LogP contribution in [0.25, 0.3) is 6.08 Å². The van der Waals surface area contributed by atoms with E-state index in [0.717, 1.165) is 44.9 Å². The number of halogens is 3. The zero-order valence-corrected chi connectivity index (χ0v) is 16.9. The van der Waals surface area contributed by atoms with Crippen molar-refractivity contribution in [1.29, 1.82) is 0 Å². The van der Waals surface area contributed by atoms with Gasteiger partial charge in [-0.25, -0.2) is 0 Å². The van der Waals surface area contributed by atoms with Crippen molar-refractivity contribution in [1.82, 2.24) is 9.80 Å². The molecule has 0 spiro atoms. The van der Waals surface area contributed by atoms with Gasteiger partial charge in [0, 0.05) is 38.4 Å². The van der Waals surface area contributed by atoms with Crippen LogP contribution in [0, 0.1) is 0 Å². The predicted octanol–water partition coefficient (Wildman–Crippen LogP) is 4.36. The molecule has 2 aromatic carbocycles. The molecule has 160 valence electrons. The van der Waals surface area contributed by atoms with Gasteiger partial charge < -0.3 is 5.32 Å². The minimum atomic E-state index is -4.38. The minimum Gasteiger partial charge on any atom is -0.325 e. The number of hydrogen-bond acceptors (Lipinski definition) is 3. The molecule has 1 N–H and O–H groups in total. The van der Waals surface area contributed by atoms with Crippen LogP contribution >= 0.6 is 0 Å². The van der Waals surface area contributed by atoms with E-state index in [1.807, 2.05) is 25.1 Å². The fourth-order valence-corrected chi connectivity index (χ4v) is 3.39. The third-order valence-electron chi connectivity index (χ3n) is 5.29. The average molecular weight is 417 g/mol. The highest BCUT2D eigenvalue weighted by Gasteiger charge is 2.30. The van der Waals surface area contributed by atoms with Crippen LogP contribution in [0.2, 0.25) is 0 Å². The lowest BCUT2D eigenvalue weighted by molar-refractivity contribution is -0.137. The number of alkyl halides is 3. The Labute approximate surface area is 175 Å². The quantitative estimate of drug-likeness (QED) is 0.759. The standard InChI is InChI=1S/C23H26F3N3O/c1-18(22(30)27-21-11-9-20(10-12-21)23(24,25)26)29-16-14-28(15-17-29)13-5-8-19-6-3-2-4-7-19/h2-12,18H,13-17H2,1H3,(H,27,30)/b8-5-/t18-/m0/s1. The van der Waals surface area contributed by atoms with Crippen LogP contribution in [-0.2, 0) is 11.0 Å². The molecule has 1 saturated heterocycles. The Bertz CT molecular complexity index is 842. The lowest BCUT2D eigenvalue weighted by atomic mass is 10.1. The monoisotopic (exact) mass is 417 g/mol. The highest BCUT2D eigenvalue weighted by atomic mass is 19.4. The Hall–Kier alpha value is -2.64. The fourth-order valence-electron chi connectivity index (χ4n) is 3.39. The van der Waals surface area contributed by atoms with E-state index in [9.17, 15) is 18.0 Å². The molecule has 0 bridgehead atoms. The van der Waals surface area contributed by atoms with Gasteiger partial charge >= 0.3 is 6.18 Å². The summed E-state index contributed by atoms with van der Waals surface area (Å²) in [5.41, 5.74) is 0.806. The lowest BCUT2D eigenvalue weighted by Gasteiger charge is -2.37. The summed E-state index contributed by atoms with van der Waals surface area (Å²) in [6.45, 7) is 5.93. The number of hydrogen-bond donors (Lipinski definition) is 1. The van der Waals surface area contributed by atoms with E-state index in [-0.39, 0.29) is 11.9 Å². The van der Waals surface area contributed by atoms with Gasteiger partial charge in [0.25, 0.3) is 0 Å².